The lowest BCUT2D eigenvalue weighted by Crippen LogP contribution is -2.49. The summed E-state index contributed by atoms with van der Waals surface area (Å²) in [6.07, 6.45) is 4.00. The van der Waals surface area contributed by atoms with Crippen molar-refractivity contribution in [1.29, 1.82) is 0 Å². The number of carbonyl (C=O) groups is 4. The SMILES string of the molecule is Br.Br.C=CC(=O)OCCN(CC)CC.C=CC(=O)OCC[N+](CC)(CC)Cc1ccc(B(O)O)cc1.CCC(C)C(=O)OCCN(CC)CC.CCC(C)C(=O)OCC[N+](CC)(CC)Cc1ccc(B(O)O)cc1.OB(O)c1ccc(CBr)cc1.OB(O)c1ccc(CBr)cc1.[2H]CF. The Bertz CT molecular complexity index is 2610. The minimum atomic E-state index is -1.44. The molecule has 2 unspecified atom stereocenters. The molecule has 0 heterocycles. The average Bonchev–Trinajstić information content (AvgIpc) is 0.908. The Balaban J connectivity index is -0.000000362. The summed E-state index contributed by atoms with van der Waals surface area (Å²) < 4.78 is 37.6. The Kier molecular flexibility index (Phi) is 64.1. The molecule has 0 bridgehead atoms. The van der Waals surface area contributed by atoms with E-state index in [1.165, 1.54) is 12.2 Å². The third kappa shape index (κ3) is 46.4. The lowest BCUT2D eigenvalue weighted by atomic mass is 9.80. The lowest BCUT2D eigenvalue weighted by Gasteiger charge is -2.37. The summed E-state index contributed by atoms with van der Waals surface area (Å²) in [5, 5.41) is 73.1. The standard InChI is InChI=1S/C18H31BNO4.C16H25BNO4.C11H23NO2.C9H17NO2.2C7H8BBrO2.CH3F.2BrH/c1-5-15(4)18(21)24-13-12-20(6-2,7-3)14-16-8-10-17(11-9-16)19(22)23;1-4-16(19)22-12-11-18(5-2,6-3)13-14-7-9-15(10-8-14)17(20)21;1-5-10(4)11(13)14-9-8-12(6-2)7-3;1-4-9(11)12-8-7-10(5-2)6-3;2*9-5-6-1-3-7(4-2-6)8(10)11;1-2;;/h8-11,15,22-23H,5-7,12-14H2,1-4H3;4,7-10,20-21H,1,5-6,11-13H2,2-3H3;10H,5-9H2,1-4H3;4H,1,5-8H2,2-3H3;2*1-4,10-11H,5H2;1H3;2*1H/q2*+1;;;;;;;/i;;;;;;1D;;. The van der Waals surface area contributed by atoms with Crippen LogP contribution in [0, 0.1) is 11.8 Å². The van der Waals surface area contributed by atoms with Gasteiger partial charge in [-0.05, 0) is 99.7 Å². The first-order chi connectivity index (χ1) is 46.1. The van der Waals surface area contributed by atoms with Gasteiger partial charge in [0.2, 0.25) is 0 Å². The maximum absolute atomic E-state index is 11.8. The summed E-state index contributed by atoms with van der Waals surface area (Å²) in [5.74, 6) is -0.947. The molecule has 4 aromatic rings. The molecule has 29 heteroatoms. The van der Waals surface area contributed by atoms with Gasteiger partial charge in [-0.3, -0.25) is 14.0 Å². The van der Waals surface area contributed by atoms with Crippen LogP contribution in [0.4, 0.5) is 4.39 Å². The second-order valence-electron chi connectivity index (χ2n) is 22.2. The smallest absolute Gasteiger partial charge is 0.464 e. The van der Waals surface area contributed by atoms with Crippen molar-refractivity contribution >= 4 is 140 Å². The van der Waals surface area contributed by atoms with E-state index in [-0.39, 0.29) is 63.7 Å². The highest BCUT2D eigenvalue weighted by atomic mass is 79.9. The Hall–Kier alpha value is -4.13. The first-order valence-electron chi connectivity index (χ1n) is 33.7. The summed E-state index contributed by atoms with van der Waals surface area (Å²) in [6.45, 7) is 45.7. The van der Waals surface area contributed by atoms with Gasteiger partial charge in [0.05, 0.1) is 46.5 Å². The van der Waals surface area contributed by atoms with Crippen LogP contribution >= 0.6 is 65.8 Å². The number of esters is 4. The number of alkyl halides is 3. The molecule has 4 aromatic carbocycles. The van der Waals surface area contributed by atoms with Crippen molar-refractivity contribution in [1.82, 2.24) is 9.80 Å². The maximum Gasteiger partial charge on any atom is 0.488 e. The number of nitrogens with zero attached hydrogens (tertiary/aromatic N) is 4. The molecule has 0 amide bonds. The van der Waals surface area contributed by atoms with E-state index in [0.29, 0.717) is 48.3 Å². The minimum absolute atomic E-state index is 0. The number of halogens is 5. The van der Waals surface area contributed by atoms with E-state index in [1.54, 1.807) is 48.5 Å². The predicted molar refractivity (Wildman–Crippen MR) is 417 cm³/mol. The second-order valence-corrected chi connectivity index (χ2v) is 23.3. The molecule has 4 rings (SSSR count). The predicted octanol–water partition coefficient (Wildman–Crippen LogP) is 7.00. The number of hydrogen-bond donors (Lipinski definition) is 8. The fourth-order valence-electron chi connectivity index (χ4n) is 8.65. The van der Waals surface area contributed by atoms with Gasteiger partial charge in [0.25, 0.3) is 0 Å². The molecule has 2 atom stereocenters. The largest absolute Gasteiger partial charge is 0.488 e. The van der Waals surface area contributed by atoms with Gasteiger partial charge in [-0.25, -0.2) is 9.59 Å². The van der Waals surface area contributed by atoms with Gasteiger partial charge < -0.3 is 77.9 Å². The van der Waals surface area contributed by atoms with Crippen molar-refractivity contribution in [2.24, 2.45) is 11.8 Å². The number of quaternary nitrogens is 2. The van der Waals surface area contributed by atoms with Gasteiger partial charge in [0.1, 0.15) is 52.6 Å². The molecule has 0 saturated heterocycles. The third-order valence-corrected chi connectivity index (χ3v) is 17.5. The van der Waals surface area contributed by atoms with Crippen molar-refractivity contribution in [3.63, 3.8) is 0 Å². The second kappa shape index (κ2) is 62.6. The van der Waals surface area contributed by atoms with Crippen molar-refractivity contribution in [2.45, 2.75) is 120 Å². The molecule has 554 valence electrons. The highest BCUT2D eigenvalue weighted by molar-refractivity contribution is 9.08. The molecule has 0 aliphatic carbocycles. The summed E-state index contributed by atoms with van der Waals surface area (Å²) in [7, 11) is -6.60. The van der Waals surface area contributed by atoms with Gasteiger partial charge in [-0.1, -0.05) is 197 Å². The molecule has 20 nitrogen and oxygen atoms in total. The van der Waals surface area contributed by atoms with Gasteiger partial charge >= 0.3 is 52.4 Å². The first-order valence-corrected chi connectivity index (χ1v) is 35.2. The molecule has 8 N–H and O–H groups in total. The monoisotopic (exact) mass is 1640 g/mol. The Morgan fingerprint density at radius 1 is 0.469 bits per heavy atom. The van der Waals surface area contributed by atoms with Crippen LogP contribution < -0.4 is 21.9 Å². The normalized spacial score (nSPS) is 11.1. The van der Waals surface area contributed by atoms with Crippen molar-refractivity contribution in [2.75, 3.05) is 112 Å². The van der Waals surface area contributed by atoms with Crippen LogP contribution in [0.1, 0.15) is 120 Å². The Labute approximate surface area is 626 Å². The molecule has 0 spiro atoms. The average molecular weight is 1640 g/mol. The molecule has 0 radical (unpaired) electrons. The van der Waals surface area contributed by atoms with Crippen LogP contribution in [0.25, 0.3) is 0 Å². The number of benzene rings is 4. The Morgan fingerprint density at radius 2 is 0.704 bits per heavy atom. The van der Waals surface area contributed by atoms with Gasteiger partial charge in [0.15, 0.2) is 0 Å². The first kappa shape index (κ1) is 100. The summed E-state index contributed by atoms with van der Waals surface area (Å²) in [4.78, 5) is 49.3. The number of ether oxygens (including phenoxy) is 4. The van der Waals surface area contributed by atoms with Crippen LogP contribution in [0.2, 0.25) is 0 Å². The zero-order chi connectivity index (χ0) is 74.4. The van der Waals surface area contributed by atoms with E-state index < -0.39 is 41.6 Å². The summed E-state index contributed by atoms with van der Waals surface area (Å²) in [5.41, 5.74) is 6.51. The van der Waals surface area contributed by atoms with Crippen LogP contribution in [0.3, 0.4) is 0 Å². The van der Waals surface area contributed by atoms with Gasteiger partial charge in [-0.15, -0.1) is 34.0 Å². The maximum atomic E-state index is 11.8. The van der Waals surface area contributed by atoms with Crippen LogP contribution in [-0.2, 0) is 61.9 Å². The van der Waals surface area contributed by atoms with E-state index in [0.717, 1.165) is 146 Å². The zero-order valence-corrected chi connectivity index (χ0v) is 66.7. The van der Waals surface area contributed by atoms with Crippen molar-refractivity contribution < 1.29 is 93.0 Å². The summed E-state index contributed by atoms with van der Waals surface area (Å²) >= 11 is 6.59. The molecule has 0 fully saturated rings. The van der Waals surface area contributed by atoms with E-state index >= 15 is 0 Å². The van der Waals surface area contributed by atoms with E-state index in [1.807, 2.05) is 76.2 Å². The molecule has 0 saturated carbocycles. The molecular formula is C69H117B4Br4FN4O16+2. The van der Waals surface area contributed by atoms with Gasteiger partial charge in [0, 0.05) is 47.0 Å². The number of likely N-dealkylation sites (N-methyl/N-ethyl adjacent to an activating group) is 4. The van der Waals surface area contributed by atoms with E-state index in [9.17, 15) is 33.6 Å². The topological polar surface area (TPSA) is 274 Å². The third-order valence-electron chi connectivity index (χ3n) is 16.2. The van der Waals surface area contributed by atoms with Crippen LogP contribution in [0.15, 0.2) is 122 Å². The van der Waals surface area contributed by atoms with Gasteiger partial charge in [-0.2, -0.15) is 0 Å². The number of rotatable bonds is 36. The summed E-state index contributed by atoms with van der Waals surface area (Å²) in [6, 6.07) is 28.8. The van der Waals surface area contributed by atoms with Crippen LogP contribution in [0.5, 0.6) is 0 Å². The van der Waals surface area contributed by atoms with Crippen molar-refractivity contribution in [3.05, 3.63) is 145 Å². The molecule has 0 aliphatic rings. The fraction of sp³-hybridized carbons (Fsp3) is 0.536. The highest BCUT2D eigenvalue weighted by Gasteiger charge is 2.27. The van der Waals surface area contributed by atoms with E-state index in [2.05, 4.69) is 110 Å². The number of carbonyl (C=O) groups excluding carboxylic acids is 4. The quantitative estimate of drug-likeness (QED) is 0.00568. The molecule has 0 aromatic heterocycles. The molecular weight excluding hydrogens is 1520 g/mol. The van der Waals surface area contributed by atoms with E-state index in [4.69, 9.17) is 50.5 Å². The zero-order valence-electron chi connectivity index (χ0n) is 61.1. The van der Waals surface area contributed by atoms with Crippen LogP contribution in [-0.4, -0.2) is 223 Å². The van der Waals surface area contributed by atoms with Crippen molar-refractivity contribution in [3.8, 4) is 0 Å². The highest BCUT2D eigenvalue weighted by Crippen LogP contribution is 2.17. The Morgan fingerprint density at radius 3 is 0.929 bits per heavy atom. The lowest BCUT2D eigenvalue weighted by molar-refractivity contribution is -0.937. The number of hydrogen-bond acceptors (Lipinski definition) is 18. The fourth-order valence-corrected chi connectivity index (χ4v) is 9.40. The molecule has 0 aliphatic heterocycles. The molecule has 98 heavy (non-hydrogen) atoms. The minimum Gasteiger partial charge on any atom is -0.464 e.